The maximum absolute atomic E-state index is 14.2. The zero-order valence-electron chi connectivity index (χ0n) is 21.5. The van der Waals surface area contributed by atoms with E-state index in [0.29, 0.717) is 36.7 Å². The smallest absolute Gasteiger partial charge is 0.298 e. The molecule has 1 aromatic carbocycles. The van der Waals surface area contributed by atoms with Crippen LogP contribution in [0.3, 0.4) is 0 Å². The molecule has 8 nitrogen and oxygen atoms in total. The summed E-state index contributed by atoms with van der Waals surface area (Å²) in [6, 6.07) is 10.8. The lowest BCUT2D eigenvalue weighted by Gasteiger charge is -2.34. The van der Waals surface area contributed by atoms with Gasteiger partial charge < -0.3 is 0 Å². The molecule has 4 heterocycles. The van der Waals surface area contributed by atoms with Gasteiger partial charge in [0.15, 0.2) is 0 Å². The number of likely N-dealkylation sites (N-methyl/N-ethyl adjacent to an activating group) is 1. The number of pyridine rings is 1. The Bertz CT molecular complexity index is 1570. The van der Waals surface area contributed by atoms with Gasteiger partial charge in [-0.1, -0.05) is 18.6 Å². The average molecular weight is 536 g/mol. The second kappa shape index (κ2) is 9.75. The Hall–Kier alpha value is -3.78. The zero-order chi connectivity index (χ0) is 27.3. The molecule has 0 bridgehead atoms. The summed E-state index contributed by atoms with van der Waals surface area (Å²) in [6.07, 6.45) is 4.56. The van der Waals surface area contributed by atoms with E-state index in [1.165, 1.54) is 17.0 Å². The third-order valence-corrected chi connectivity index (χ3v) is 8.14. The van der Waals surface area contributed by atoms with Gasteiger partial charge in [0, 0.05) is 25.5 Å². The van der Waals surface area contributed by atoms with Gasteiger partial charge in [0.1, 0.15) is 0 Å². The number of nitrogens with zero attached hydrogens (tertiary/aromatic N) is 7. The van der Waals surface area contributed by atoms with Crippen molar-refractivity contribution in [3.05, 3.63) is 76.1 Å². The van der Waals surface area contributed by atoms with Crippen molar-refractivity contribution in [3.63, 3.8) is 0 Å². The van der Waals surface area contributed by atoms with Crippen molar-refractivity contribution in [2.24, 2.45) is 22.1 Å². The number of hydrogen-bond donors (Lipinski definition) is 0. The highest BCUT2D eigenvalue weighted by atomic mass is 19.4. The molecular formula is C28H28F3N7O+. The van der Waals surface area contributed by atoms with Crippen molar-refractivity contribution in [1.29, 1.82) is 5.26 Å². The number of hydrogen-bond acceptors (Lipinski definition) is 5. The van der Waals surface area contributed by atoms with Crippen molar-refractivity contribution < 1.29 is 17.7 Å². The number of likely N-dealkylation sites (tertiary alicyclic amines) is 1. The number of azo groups is 1. The van der Waals surface area contributed by atoms with Gasteiger partial charge in [0.05, 0.1) is 46.8 Å². The van der Waals surface area contributed by atoms with Crippen LogP contribution in [-0.2, 0) is 12.7 Å². The number of alkyl halides is 3. The number of benzene rings is 1. The Kier molecular flexibility index (Phi) is 6.38. The van der Waals surface area contributed by atoms with E-state index in [1.54, 1.807) is 12.4 Å². The van der Waals surface area contributed by atoms with E-state index in [0.717, 1.165) is 41.5 Å². The first kappa shape index (κ1) is 25.5. The summed E-state index contributed by atoms with van der Waals surface area (Å²) in [7, 11) is 1.90. The second-order valence-electron chi connectivity index (χ2n) is 10.7. The molecule has 3 aromatic rings. The van der Waals surface area contributed by atoms with Gasteiger partial charge in [-0.2, -0.15) is 18.4 Å². The van der Waals surface area contributed by atoms with Gasteiger partial charge in [-0.25, -0.2) is 9.37 Å². The van der Waals surface area contributed by atoms with Crippen LogP contribution in [0.1, 0.15) is 48.3 Å². The van der Waals surface area contributed by atoms with Crippen LogP contribution in [0.5, 0.6) is 0 Å². The van der Waals surface area contributed by atoms with Crippen LogP contribution in [-0.4, -0.2) is 44.9 Å². The Morgan fingerprint density at radius 3 is 2.67 bits per heavy atom. The van der Waals surface area contributed by atoms with Crippen LogP contribution >= 0.6 is 0 Å². The average Bonchev–Trinajstić information content (AvgIpc) is 3.60. The summed E-state index contributed by atoms with van der Waals surface area (Å²) in [5.74, 6) is 0.241. The Balaban J connectivity index is 1.41. The molecular weight excluding hydrogens is 507 g/mol. The molecule has 0 spiro atoms. The number of imidazole rings is 1. The van der Waals surface area contributed by atoms with Crippen LogP contribution < -0.4 is 5.69 Å². The van der Waals surface area contributed by atoms with Gasteiger partial charge in [0.2, 0.25) is 0 Å². The molecule has 0 amide bonds. The van der Waals surface area contributed by atoms with E-state index in [9.17, 15) is 23.2 Å². The van der Waals surface area contributed by atoms with Crippen LogP contribution in [0.25, 0.3) is 11.2 Å². The lowest BCUT2D eigenvalue weighted by atomic mass is 9.71. The van der Waals surface area contributed by atoms with Gasteiger partial charge in [-0.3, -0.25) is 13.9 Å². The Morgan fingerprint density at radius 1 is 1.21 bits per heavy atom. The van der Waals surface area contributed by atoms with Crippen LogP contribution in [0.15, 0.2) is 57.7 Å². The molecule has 11 heteroatoms. The van der Waals surface area contributed by atoms with Crippen molar-refractivity contribution >= 4 is 11.9 Å². The van der Waals surface area contributed by atoms with Crippen molar-refractivity contribution in [2.45, 2.75) is 44.3 Å². The third-order valence-electron chi connectivity index (χ3n) is 8.14. The normalized spacial score (nSPS) is 21.3. The van der Waals surface area contributed by atoms with Gasteiger partial charge in [-0.15, -0.1) is 0 Å². The molecule has 2 atom stereocenters. The van der Waals surface area contributed by atoms with E-state index in [4.69, 9.17) is 0 Å². The maximum atomic E-state index is 14.2. The number of nitriles is 1. The number of aromatic nitrogens is 2. The molecule has 6 rings (SSSR count). The summed E-state index contributed by atoms with van der Waals surface area (Å²) in [5.41, 5.74) is 0.224. The predicted molar refractivity (Wildman–Crippen MR) is 137 cm³/mol. The molecule has 1 radical (unpaired) electrons. The summed E-state index contributed by atoms with van der Waals surface area (Å²) < 4.78 is 46.8. The topological polar surface area (TPSA) is 81.2 Å². The fourth-order valence-electron chi connectivity index (χ4n) is 5.93. The standard InChI is InChI=1S/C28H28F3N7O/c1-35-17-33-34-26(35)25(20-4-2-5-20)21-6-3-7-22(11-21)37-16-24-23(28(29,30)31)10-19(15-38(24)27(37)39)14-36-9-8-18(12-32)13-36/h3,6-7,10-11,15-18,20,25H,2,4-5,8-9,13-14H2,1H3/q+1/t18-,25-/m1/s1. The Morgan fingerprint density at radius 2 is 2.03 bits per heavy atom. The number of fused-ring (bicyclic) bond motifs is 1. The minimum Gasteiger partial charge on any atom is -0.298 e. The number of rotatable bonds is 6. The fraction of sp³-hybridized carbons (Fsp3) is 0.429. The monoisotopic (exact) mass is 535 g/mol. The molecule has 3 aliphatic rings. The summed E-state index contributed by atoms with van der Waals surface area (Å²) >= 11 is 0. The molecule has 1 saturated carbocycles. The molecule has 2 fully saturated rings. The van der Waals surface area contributed by atoms with Crippen molar-refractivity contribution in [1.82, 2.24) is 13.9 Å². The molecule has 1 aliphatic carbocycles. The maximum Gasteiger partial charge on any atom is 0.418 e. The molecule has 39 heavy (non-hydrogen) atoms. The van der Waals surface area contributed by atoms with Gasteiger partial charge in [0.25, 0.3) is 0 Å². The third kappa shape index (κ3) is 4.67. The van der Waals surface area contributed by atoms with E-state index >= 15 is 0 Å². The highest BCUT2D eigenvalue weighted by molar-refractivity contribution is 5.58. The van der Waals surface area contributed by atoms with Crippen molar-refractivity contribution in [3.8, 4) is 11.8 Å². The summed E-state index contributed by atoms with van der Waals surface area (Å²) in [5, 5.41) is 17.6. The van der Waals surface area contributed by atoms with E-state index in [2.05, 4.69) is 16.3 Å². The minimum absolute atomic E-state index is 0.0195. The van der Waals surface area contributed by atoms with E-state index in [-0.39, 0.29) is 23.9 Å². The summed E-state index contributed by atoms with van der Waals surface area (Å²) in [6.45, 7) is 1.38. The SMILES string of the molecule is C[N+]1=CN=N[C]1[C@@H](c1cccc(-n2cc3c(C(F)(F)F)cc(CN4CC[C@H](C#N)C4)cn3c2=O)c1)C1CCC1. The molecule has 201 valence electrons. The second-order valence-corrected chi connectivity index (χ2v) is 10.7. The Labute approximate surface area is 223 Å². The van der Waals surface area contributed by atoms with E-state index < -0.39 is 17.4 Å². The molecule has 2 aliphatic heterocycles. The van der Waals surface area contributed by atoms with Crippen molar-refractivity contribution in [2.75, 3.05) is 20.1 Å². The molecule has 0 unspecified atom stereocenters. The fourth-order valence-corrected chi connectivity index (χ4v) is 5.93. The first-order chi connectivity index (χ1) is 18.7. The lowest BCUT2D eigenvalue weighted by Crippen LogP contribution is -2.29. The predicted octanol–water partition coefficient (Wildman–Crippen LogP) is 4.96. The lowest BCUT2D eigenvalue weighted by molar-refractivity contribution is -0.480. The first-order valence-electron chi connectivity index (χ1n) is 13.1. The van der Waals surface area contributed by atoms with Crippen LogP contribution in [0.2, 0.25) is 0 Å². The van der Waals surface area contributed by atoms with E-state index in [1.807, 2.05) is 34.7 Å². The molecule has 2 aromatic heterocycles. The highest BCUT2D eigenvalue weighted by Crippen LogP contribution is 2.46. The molecule has 0 N–H and O–H groups in total. The quantitative estimate of drug-likeness (QED) is 0.419. The van der Waals surface area contributed by atoms with Crippen LogP contribution in [0, 0.1) is 29.3 Å². The number of halogens is 3. The first-order valence-corrected chi connectivity index (χ1v) is 13.1. The summed E-state index contributed by atoms with van der Waals surface area (Å²) in [4.78, 5) is 15.5. The minimum atomic E-state index is -4.64. The largest absolute Gasteiger partial charge is 0.418 e. The van der Waals surface area contributed by atoms with Gasteiger partial charge >= 0.3 is 24.4 Å². The van der Waals surface area contributed by atoms with Gasteiger partial charge in [-0.05, 0) is 66.2 Å². The van der Waals surface area contributed by atoms with Crippen LogP contribution in [0.4, 0.5) is 13.2 Å². The zero-order valence-corrected chi connectivity index (χ0v) is 21.5. The molecule has 1 saturated heterocycles. The highest BCUT2D eigenvalue weighted by Gasteiger charge is 2.42.